The number of ether oxygens (including phenoxy) is 3. The molecule has 196 valence electrons. The van der Waals surface area contributed by atoms with E-state index >= 15 is 0 Å². The first kappa shape index (κ1) is 28.5. The third-order valence-corrected chi connectivity index (χ3v) is 6.19. The molecule has 1 atom stereocenters. The van der Waals surface area contributed by atoms with E-state index in [0.717, 1.165) is 21.6 Å². The van der Waals surface area contributed by atoms with Gasteiger partial charge in [0.1, 0.15) is 17.2 Å². The molecule has 0 saturated heterocycles. The Labute approximate surface area is 227 Å². The largest absolute Gasteiger partial charge is 0.461 e. The lowest BCUT2D eigenvalue weighted by molar-refractivity contribution is -0.130. The zero-order valence-corrected chi connectivity index (χ0v) is 22.7. The summed E-state index contributed by atoms with van der Waals surface area (Å²) in [7, 11) is 0. The summed E-state index contributed by atoms with van der Waals surface area (Å²) in [5.74, 6) is -0.0125. The number of hydrogen-bond donors (Lipinski definition) is 1. The fourth-order valence-corrected chi connectivity index (χ4v) is 3.96. The molecular formula is C31H30O6S. The van der Waals surface area contributed by atoms with E-state index in [1.165, 1.54) is 0 Å². The first-order valence-electron chi connectivity index (χ1n) is 11.7. The SMILES string of the molecule is C=C(C)C(=O)Oc1ccc(-c2ccc(-c3ccc(OC(O)C(=C)C)cc3OC(=O)C(=C)C)cc2SC)cc1. The van der Waals surface area contributed by atoms with Crippen LogP contribution in [0.25, 0.3) is 22.3 Å². The Hall–Kier alpha value is -4.07. The molecule has 3 aromatic carbocycles. The summed E-state index contributed by atoms with van der Waals surface area (Å²) in [6.45, 7) is 15.8. The number of aliphatic hydroxyl groups excluding tert-OH is 1. The minimum atomic E-state index is -1.19. The number of esters is 2. The highest BCUT2D eigenvalue weighted by atomic mass is 32.2. The highest BCUT2D eigenvalue weighted by Gasteiger charge is 2.17. The second-order valence-corrected chi connectivity index (χ2v) is 9.60. The monoisotopic (exact) mass is 530 g/mol. The van der Waals surface area contributed by atoms with E-state index < -0.39 is 18.2 Å². The predicted octanol–water partition coefficient (Wildman–Crippen LogP) is 6.98. The number of rotatable bonds is 10. The molecule has 3 rings (SSSR count). The molecule has 0 aliphatic rings. The molecule has 0 radical (unpaired) electrons. The van der Waals surface area contributed by atoms with Crippen molar-refractivity contribution in [2.75, 3.05) is 6.26 Å². The lowest BCUT2D eigenvalue weighted by Crippen LogP contribution is -2.16. The summed E-state index contributed by atoms with van der Waals surface area (Å²) in [5.41, 5.74) is 4.45. The van der Waals surface area contributed by atoms with Crippen LogP contribution in [0.1, 0.15) is 20.8 Å². The average Bonchev–Trinajstić information content (AvgIpc) is 2.88. The zero-order valence-electron chi connectivity index (χ0n) is 21.9. The molecule has 0 aliphatic carbocycles. The van der Waals surface area contributed by atoms with Gasteiger partial charge in [-0.3, -0.25) is 0 Å². The third kappa shape index (κ3) is 7.03. The number of hydrogen-bond acceptors (Lipinski definition) is 7. The normalized spacial score (nSPS) is 11.3. The Kier molecular flexibility index (Phi) is 9.34. The molecule has 38 heavy (non-hydrogen) atoms. The highest BCUT2D eigenvalue weighted by Crippen LogP contribution is 2.39. The maximum absolute atomic E-state index is 12.4. The second-order valence-electron chi connectivity index (χ2n) is 8.75. The molecule has 3 aromatic rings. The summed E-state index contributed by atoms with van der Waals surface area (Å²) < 4.78 is 16.4. The van der Waals surface area contributed by atoms with E-state index in [9.17, 15) is 14.7 Å². The van der Waals surface area contributed by atoms with Crippen LogP contribution in [-0.2, 0) is 9.59 Å². The van der Waals surface area contributed by atoms with Crippen LogP contribution in [0.2, 0.25) is 0 Å². The van der Waals surface area contributed by atoms with Crippen LogP contribution >= 0.6 is 11.8 Å². The van der Waals surface area contributed by atoms with Gasteiger partial charge in [0.2, 0.25) is 6.29 Å². The van der Waals surface area contributed by atoms with Crippen molar-refractivity contribution in [3.8, 4) is 39.5 Å². The van der Waals surface area contributed by atoms with Crippen molar-refractivity contribution in [3.05, 3.63) is 97.1 Å². The second kappa shape index (κ2) is 12.4. The Bertz CT molecular complexity index is 1400. The summed E-state index contributed by atoms with van der Waals surface area (Å²) >= 11 is 1.57. The number of thioether (sulfide) groups is 1. The van der Waals surface area contributed by atoms with Crippen molar-refractivity contribution in [1.29, 1.82) is 0 Å². The van der Waals surface area contributed by atoms with Gasteiger partial charge in [-0.1, -0.05) is 44.0 Å². The quantitative estimate of drug-likeness (QED) is 0.0756. The van der Waals surface area contributed by atoms with Crippen LogP contribution in [0.3, 0.4) is 0 Å². The van der Waals surface area contributed by atoms with Gasteiger partial charge >= 0.3 is 11.9 Å². The van der Waals surface area contributed by atoms with Crippen molar-refractivity contribution < 1.29 is 28.9 Å². The lowest BCUT2D eigenvalue weighted by atomic mass is 9.99. The molecule has 0 fully saturated rings. The van der Waals surface area contributed by atoms with Crippen molar-refractivity contribution in [1.82, 2.24) is 0 Å². The third-order valence-electron chi connectivity index (χ3n) is 5.41. The van der Waals surface area contributed by atoms with Crippen molar-refractivity contribution in [2.45, 2.75) is 32.0 Å². The van der Waals surface area contributed by atoms with Crippen LogP contribution in [0.4, 0.5) is 0 Å². The molecule has 1 unspecified atom stereocenters. The Morgan fingerprint density at radius 1 is 0.763 bits per heavy atom. The fraction of sp³-hybridized carbons (Fsp3) is 0.161. The minimum absolute atomic E-state index is 0.252. The van der Waals surface area contributed by atoms with E-state index in [-0.39, 0.29) is 11.3 Å². The molecule has 0 spiro atoms. The minimum Gasteiger partial charge on any atom is -0.461 e. The van der Waals surface area contributed by atoms with E-state index in [2.05, 4.69) is 19.7 Å². The summed E-state index contributed by atoms with van der Waals surface area (Å²) in [5, 5.41) is 10.0. The van der Waals surface area contributed by atoms with Crippen molar-refractivity contribution in [2.24, 2.45) is 0 Å². The number of aliphatic hydroxyl groups is 1. The molecule has 1 N–H and O–H groups in total. The molecule has 0 aromatic heterocycles. The molecule has 0 amide bonds. The molecule has 0 heterocycles. The molecule has 7 heteroatoms. The van der Waals surface area contributed by atoms with Gasteiger partial charge in [0.15, 0.2) is 0 Å². The van der Waals surface area contributed by atoms with Gasteiger partial charge in [-0.2, -0.15) is 0 Å². The molecule has 0 saturated carbocycles. The molecule has 6 nitrogen and oxygen atoms in total. The van der Waals surface area contributed by atoms with Crippen LogP contribution < -0.4 is 14.2 Å². The van der Waals surface area contributed by atoms with E-state index in [0.29, 0.717) is 28.2 Å². The summed E-state index contributed by atoms with van der Waals surface area (Å²) in [6.07, 6.45) is 0.785. The highest BCUT2D eigenvalue weighted by molar-refractivity contribution is 7.98. The van der Waals surface area contributed by atoms with Gasteiger partial charge in [-0.15, -0.1) is 11.8 Å². The Morgan fingerprint density at radius 3 is 1.89 bits per heavy atom. The first-order chi connectivity index (χ1) is 18.0. The van der Waals surface area contributed by atoms with Gasteiger partial charge in [0.25, 0.3) is 0 Å². The Balaban J connectivity index is 1.98. The standard InChI is InChI=1S/C31H30O6S/c1-18(2)29(32)35-23-11-8-21(9-12-23)26-14-10-22(16-28(26)38-7)25-15-13-24(36-30(33)19(3)4)17-27(25)37-31(34)20(5)6/h8-17,30,33H,1,3,5H2,2,4,6-7H3. The molecule has 0 aliphatic heterocycles. The van der Waals surface area contributed by atoms with Gasteiger partial charge in [-0.25, -0.2) is 9.59 Å². The average molecular weight is 531 g/mol. The van der Waals surface area contributed by atoms with Crippen molar-refractivity contribution >= 4 is 23.7 Å². The van der Waals surface area contributed by atoms with Gasteiger partial charge < -0.3 is 19.3 Å². The molecule has 0 bridgehead atoms. The topological polar surface area (TPSA) is 82.1 Å². The number of carbonyl (C=O) groups is 2. The predicted molar refractivity (Wildman–Crippen MR) is 151 cm³/mol. The zero-order chi connectivity index (χ0) is 28.0. The van der Waals surface area contributed by atoms with Crippen LogP contribution in [0.15, 0.2) is 102 Å². The number of benzene rings is 3. The van der Waals surface area contributed by atoms with Crippen molar-refractivity contribution in [3.63, 3.8) is 0 Å². The number of carbonyl (C=O) groups excluding carboxylic acids is 2. The van der Waals surface area contributed by atoms with Crippen LogP contribution in [0, 0.1) is 0 Å². The Morgan fingerprint density at radius 2 is 1.32 bits per heavy atom. The van der Waals surface area contributed by atoms with Gasteiger partial charge in [-0.05, 0) is 79.6 Å². The maximum atomic E-state index is 12.4. The van der Waals surface area contributed by atoms with E-state index in [1.54, 1.807) is 62.9 Å². The van der Waals surface area contributed by atoms with Gasteiger partial charge in [0.05, 0.1) is 0 Å². The van der Waals surface area contributed by atoms with Gasteiger partial charge in [0, 0.05) is 27.7 Å². The smallest absolute Gasteiger partial charge is 0.338 e. The van der Waals surface area contributed by atoms with Crippen LogP contribution in [-0.4, -0.2) is 29.6 Å². The van der Waals surface area contributed by atoms with Crippen LogP contribution in [0.5, 0.6) is 17.2 Å². The fourth-order valence-electron chi connectivity index (χ4n) is 3.31. The van der Waals surface area contributed by atoms with E-state index in [4.69, 9.17) is 14.2 Å². The lowest BCUT2D eigenvalue weighted by Gasteiger charge is -2.17. The summed E-state index contributed by atoms with van der Waals surface area (Å²) in [6, 6.07) is 18.2. The summed E-state index contributed by atoms with van der Waals surface area (Å²) in [4.78, 5) is 25.1. The first-order valence-corrected chi connectivity index (χ1v) is 12.9. The van der Waals surface area contributed by atoms with E-state index in [1.807, 2.05) is 36.6 Å². The maximum Gasteiger partial charge on any atom is 0.338 e. The molecular weight excluding hydrogens is 500 g/mol.